The Balaban J connectivity index is 1.51. The van der Waals surface area contributed by atoms with Crippen LogP contribution in [0, 0.1) is 17.3 Å². The molecule has 1 saturated carbocycles. The van der Waals surface area contributed by atoms with E-state index in [4.69, 9.17) is 0 Å². The molecule has 2 aliphatic heterocycles. The molecule has 5 aliphatic rings. The molecule has 2 amide bonds. The number of amides is 2. The van der Waals surface area contributed by atoms with Gasteiger partial charge in [-0.3, -0.25) is 9.59 Å². The number of likely N-dealkylation sites (tertiary alicyclic amines) is 2. The lowest BCUT2D eigenvalue weighted by Gasteiger charge is -2.57. The maximum Gasteiger partial charge on any atom is 0.235 e. The van der Waals surface area contributed by atoms with Crippen molar-refractivity contribution in [2.75, 3.05) is 13.1 Å². The summed E-state index contributed by atoms with van der Waals surface area (Å²) in [5.41, 5.74) is 2.72. The van der Waals surface area contributed by atoms with Gasteiger partial charge in [0.25, 0.3) is 0 Å². The van der Waals surface area contributed by atoms with Gasteiger partial charge in [0.05, 0.1) is 17.6 Å². The van der Waals surface area contributed by atoms with Crippen molar-refractivity contribution in [1.82, 2.24) is 9.80 Å². The number of benzene rings is 1. The van der Waals surface area contributed by atoms with Gasteiger partial charge in [0.15, 0.2) is 0 Å². The van der Waals surface area contributed by atoms with Crippen molar-refractivity contribution in [2.24, 2.45) is 17.3 Å². The molecule has 2 bridgehead atoms. The molecule has 3 fully saturated rings. The molecule has 5 heteroatoms. The molecule has 178 valence electrons. The van der Waals surface area contributed by atoms with Crippen LogP contribution in [0.2, 0.25) is 0 Å². The van der Waals surface area contributed by atoms with Gasteiger partial charge in [0.1, 0.15) is 0 Å². The van der Waals surface area contributed by atoms with Gasteiger partial charge in [-0.1, -0.05) is 60.2 Å². The molecule has 6 rings (SSSR count). The summed E-state index contributed by atoms with van der Waals surface area (Å²) >= 11 is 0. The minimum absolute atomic E-state index is 0.131. The smallest absolute Gasteiger partial charge is 0.235 e. The second kappa shape index (κ2) is 8.53. The number of nitrogens with zero attached hydrogens (tertiary/aromatic N) is 2. The summed E-state index contributed by atoms with van der Waals surface area (Å²) in [5.74, 6) is 0.655. The van der Waals surface area contributed by atoms with Gasteiger partial charge in [-0.2, -0.15) is 0 Å². The van der Waals surface area contributed by atoms with Crippen LogP contribution in [-0.4, -0.2) is 52.0 Å². The van der Waals surface area contributed by atoms with Crippen molar-refractivity contribution in [3.8, 4) is 0 Å². The summed E-state index contributed by atoms with van der Waals surface area (Å²) in [4.78, 5) is 32.1. The molecule has 1 aromatic rings. The van der Waals surface area contributed by atoms with E-state index in [1.807, 2.05) is 23.1 Å². The Morgan fingerprint density at radius 2 is 1.91 bits per heavy atom. The van der Waals surface area contributed by atoms with E-state index in [-0.39, 0.29) is 35.8 Å². The lowest BCUT2D eigenvalue weighted by Crippen LogP contribution is -2.65. The van der Waals surface area contributed by atoms with Crippen LogP contribution in [0.3, 0.4) is 0 Å². The quantitative estimate of drug-likeness (QED) is 0.745. The summed E-state index contributed by atoms with van der Waals surface area (Å²) in [7, 11) is 0. The van der Waals surface area contributed by atoms with Crippen LogP contribution >= 0.6 is 0 Å². The SMILES string of the molecule is O=C1CCC2(C(=O)N3CCCC3)C3=CC4C(=CC=C3)CC(O)CCC4C2N1Cc1ccccc1. The lowest BCUT2D eigenvalue weighted by molar-refractivity contribution is -0.159. The zero-order chi connectivity index (χ0) is 23.3. The van der Waals surface area contributed by atoms with Crippen molar-refractivity contribution in [3.63, 3.8) is 0 Å². The number of aliphatic hydroxyl groups excluding tert-OH is 1. The Morgan fingerprint density at radius 1 is 1.12 bits per heavy atom. The van der Waals surface area contributed by atoms with E-state index in [0.29, 0.717) is 32.2 Å². The first kappa shape index (κ1) is 21.8. The van der Waals surface area contributed by atoms with Gasteiger partial charge in [0.2, 0.25) is 11.8 Å². The van der Waals surface area contributed by atoms with Crippen LogP contribution < -0.4 is 0 Å². The molecule has 1 aromatic carbocycles. The van der Waals surface area contributed by atoms with E-state index in [0.717, 1.165) is 43.5 Å². The van der Waals surface area contributed by atoms with E-state index in [9.17, 15) is 14.7 Å². The van der Waals surface area contributed by atoms with Crippen molar-refractivity contribution in [1.29, 1.82) is 0 Å². The molecule has 1 N–H and O–H groups in total. The molecular weight excluding hydrogens is 424 g/mol. The summed E-state index contributed by atoms with van der Waals surface area (Å²) in [5, 5.41) is 10.7. The average Bonchev–Trinajstić information content (AvgIpc) is 3.26. The molecular formula is C29H34N2O3. The van der Waals surface area contributed by atoms with Crippen LogP contribution in [0.25, 0.3) is 0 Å². The second-order valence-corrected chi connectivity index (χ2v) is 10.8. The Hall–Kier alpha value is -2.66. The largest absolute Gasteiger partial charge is 0.393 e. The number of carbonyl (C=O) groups excluding carboxylic acids is 2. The van der Waals surface area contributed by atoms with Crippen LogP contribution in [0.5, 0.6) is 0 Å². The van der Waals surface area contributed by atoms with Crippen molar-refractivity contribution < 1.29 is 14.7 Å². The van der Waals surface area contributed by atoms with E-state index in [1.54, 1.807) is 0 Å². The predicted molar refractivity (Wildman–Crippen MR) is 130 cm³/mol. The van der Waals surface area contributed by atoms with Crippen molar-refractivity contribution in [2.45, 2.75) is 63.6 Å². The maximum absolute atomic E-state index is 14.4. The normalized spacial score (nSPS) is 34.7. The van der Waals surface area contributed by atoms with Gasteiger partial charge in [-0.15, -0.1) is 0 Å². The standard InChI is InChI=1S/C29H34N2O3/c32-23-11-12-24-25-18-22(10-6-9-21(25)17-23)29(28(34)30-15-4-5-16-30)14-13-26(33)31(27(24)29)19-20-7-2-1-3-8-20/h1-3,6-10,18,23-25,27,32H,4-5,11-17,19H2. The fourth-order valence-electron chi connectivity index (χ4n) is 7.39. The van der Waals surface area contributed by atoms with Crippen LogP contribution in [-0.2, 0) is 16.1 Å². The zero-order valence-corrected chi connectivity index (χ0v) is 19.7. The van der Waals surface area contributed by atoms with Crippen LogP contribution in [0.15, 0.2) is 65.8 Å². The van der Waals surface area contributed by atoms with Crippen molar-refractivity contribution >= 4 is 11.8 Å². The third kappa shape index (κ3) is 3.39. The molecule has 5 atom stereocenters. The van der Waals surface area contributed by atoms with E-state index in [2.05, 4.69) is 41.3 Å². The number of hydrogen-bond acceptors (Lipinski definition) is 3. The Kier molecular flexibility index (Phi) is 5.48. The van der Waals surface area contributed by atoms with Crippen LogP contribution in [0.4, 0.5) is 0 Å². The highest BCUT2D eigenvalue weighted by atomic mass is 16.3. The second-order valence-electron chi connectivity index (χ2n) is 10.8. The summed E-state index contributed by atoms with van der Waals surface area (Å²) < 4.78 is 0. The molecule has 0 aromatic heterocycles. The highest BCUT2D eigenvalue weighted by molar-refractivity contribution is 5.92. The Morgan fingerprint density at radius 3 is 2.71 bits per heavy atom. The number of hydrogen-bond donors (Lipinski definition) is 1. The number of allylic oxidation sites excluding steroid dienone is 4. The summed E-state index contributed by atoms with van der Waals surface area (Å²) in [6, 6.07) is 9.98. The van der Waals surface area contributed by atoms with E-state index in [1.165, 1.54) is 5.57 Å². The first-order chi connectivity index (χ1) is 16.6. The first-order valence-corrected chi connectivity index (χ1v) is 13.0. The van der Waals surface area contributed by atoms with Gasteiger partial charge in [-0.25, -0.2) is 0 Å². The van der Waals surface area contributed by atoms with E-state index < -0.39 is 5.41 Å². The highest BCUT2D eigenvalue weighted by Gasteiger charge is 2.61. The summed E-state index contributed by atoms with van der Waals surface area (Å²) in [6.07, 6.45) is 13.6. The highest BCUT2D eigenvalue weighted by Crippen LogP contribution is 2.57. The molecule has 5 nitrogen and oxygen atoms in total. The zero-order valence-electron chi connectivity index (χ0n) is 19.7. The molecule has 2 heterocycles. The molecule has 0 spiro atoms. The van der Waals surface area contributed by atoms with Crippen molar-refractivity contribution in [3.05, 3.63) is 71.3 Å². The van der Waals surface area contributed by atoms with Crippen LogP contribution in [0.1, 0.15) is 50.5 Å². The monoisotopic (exact) mass is 458 g/mol. The molecule has 5 unspecified atom stereocenters. The Bertz CT molecular complexity index is 1070. The van der Waals surface area contributed by atoms with E-state index >= 15 is 0 Å². The Labute approximate surface area is 201 Å². The predicted octanol–water partition coefficient (Wildman–Crippen LogP) is 4.00. The minimum Gasteiger partial charge on any atom is -0.393 e. The molecule has 34 heavy (non-hydrogen) atoms. The average molecular weight is 459 g/mol. The third-order valence-corrected chi connectivity index (χ3v) is 8.92. The third-order valence-electron chi connectivity index (χ3n) is 8.92. The minimum atomic E-state index is -0.705. The molecule has 0 radical (unpaired) electrons. The molecule has 2 saturated heterocycles. The van der Waals surface area contributed by atoms with Gasteiger partial charge >= 0.3 is 0 Å². The number of carbonyl (C=O) groups is 2. The van der Waals surface area contributed by atoms with Gasteiger partial charge in [0, 0.05) is 32.0 Å². The number of piperidine rings is 1. The van der Waals surface area contributed by atoms with Gasteiger partial charge in [-0.05, 0) is 55.6 Å². The first-order valence-electron chi connectivity index (χ1n) is 13.0. The fraction of sp³-hybridized carbons (Fsp3) is 0.517. The fourth-order valence-corrected chi connectivity index (χ4v) is 7.39. The van der Waals surface area contributed by atoms with Gasteiger partial charge < -0.3 is 14.9 Å². The number of aliphatic hydroxyl groups is 1. The maximum atomic E-state index is 14.4. The summed E-state index contributed by atoms with van der Waals surface area (Å²) in [6.45, 7) is 2.15. The number of rotatable bonds is 3. The lowest BCUT2D eigenvalue weighted by atomic mass is 9.56. The number of fused-ring (bicyclic) bond motifs is 3. The molecule has 3 aliphatic carbocycles. The topological polar surface area (TPSA) is 60.9 Å².